The second-order valence-electron chi connectivity index (χ2n) is 8.44. The first-order valence-corrected chi connectivity index (χ1v) is 14.8. The van der Waals surface area contributed by atoms with Crippen molar-refractivity contribution >= 4 is 49.0 Å². The highest BCUT2D eigenvalue weighted by molar-refractivity contribution is 7.93. The third kappa shape index (κ3) is 6.83. The summed E-state index contributed by atoms with van der Waals surface area (Å²) >= 11 is 12.2. The molecule has 12 heteroatoms. The first-order chi connectivity index (χ1) is 16.2. The Kier molecular flexibility index (Phi) is 8.33. The lowest BCUT2D eigenvalue weighted by molar-refractivity contribution is -0.135. The number of hydrogen-bond donors (Lipinski definition) is 1. The van der Waals surface area contributed by atoms with Gasteiger partial charge in [0.15, 0.2) is 15.5 Å². The van der Waals surface area contributed by atoms with Gasteiger partial charge in [0.05, 0.1) is 4.90 Å². The minimum atomic E-state index is -4.04. The number of nitrogens with one attached hydrogen (secondary N) is 1. The van der Waals surface area contributed by atoms with Gasteiger partial charge in [0.1, 0.15) is 0 Å². The summed E-state index contributed by atoms with van der Waals surface area (Å²) in [4.78, 5) is 12.5. The van der Waals surface area contributed by atoms with Gasteiger partial charge in [0, 0.05) is 59.2 Å². The number of sulfone groups is 1. The van der Waals surface area contributed by atoms with Gasteiger partial charge in [-0.3, -0.25) is 4.79 Å². The predicted octanol–water partition coefficient (Wildman–Crippen LogP) is 4.22. The number of alkyl halides is 1. The lowest BCUT2D eigenvalue weighted by atomic mass is 9.93. The van der Waals surface area contributed by atoms with Gasteiger partial charge >= 0.3 is 0 Å². The lowest BCUT2D eigenvalue weighted by Gasteiger charge is -2.35. The van der Waals surface area contributed by atoms with E-state index in [4.69, 9.17) is 23.2 Å². The van der Waals surface area contributed by atoms with Crippen molar-refractivity contribution in [1.82, 2.24) is 9.62 Å². The molecule has 0 saturated carbocycles. The van der Waals surface area contributed by atoms with Crippen molar-refractivity contribution in [2.75, 3.05) is 19.3 Å². The van der Waals surface area contributed by atoms with Crippen LogP contribution < -0.4 is 5.32 Å². The Balaban J connectivity index is 1.78. The molecule has 0 unspecified atom stereocenters. The van der Waals surface area contributed by atoms with E-state index in [1.165, 1.54) is 31.2 Å². The molecule has 0 radical (unpaired) electrons. The van der Waals surface area contributed by atoms with Crippen molar-refractivity contribution in [3.63, 3.8) is 0 Å². The number of carbonyl (C=O) groups excluding carboxylic acids is 1. The highest BCUT2D eigenvalue weighted by Crippen LogP contribution is 2.36. The first-order valence-electron chi connectivity index (χ1n) is 10.7. The van der Waals surface area contributed by atoms with E-state index >= 15 is 4.39 Å². The minimum absolute atomic E-state index is 0.000453. The minimum Gasteiger partial charge on any atom is -0.347 e. The van der Waals surface area contributed by atoms with Crippen LogP contribution in [0, 0.1) is 0 Å². The van der Waals surface area contributed by atoms with Gasteiger partial charge in [-0.05, 0) is 42.8 Å². The summed E-state index contributed by atoms with van der Waals surface area (Å²) in [5, 5.41) is 4.13. The summed E-state index contributed by atoms with van der Waals surface area (Å²) in [6.07, 6.45) is 1.55. The normalized spacial score (nSPS) is 17.9. The molecule has 3 rings (SSSR count). The summed E-state index contributed by atoms with van der Waals surface area (Å²) in [6.45, 7) is 1.09. The van der Waals surface area contributed by atoms with E-state index in [0.717, 1.165) is 16.0 Å². The molecule has 2 aromatic carbocycles. The number of hydrogen-bond acceptors (Lipinski definition) is 5. The number of halogens is 3. The van der Waals surface area contributed by atoms with Crippen LogP contribution in [0.5, 0.6) is 0 Å². The third-order valence-electron chi connectivity index (χ3n) is 5.59. The van der Waals surface area contributed by atoms with Gasteiger partial charge in [-0.25, -0.2) is 21.2 Å². The van der Waals surface area contributed by atoms with Gasteiger partial charge in [-0.1, -0.05) is 41.4 Å². The van der Waals surface area contributed by atoms with E-state index in [9.17, 15) is 21.6 Å². The smallest absolute Gasteiger partial charge is 0.258 e. The Hall–Kier alpha value is -1.98. The zero-order chi connectivity index (χ0) is 26.0. The van der Waals surface area contributed by atoms with Crippen molar-refractivity contribution in [3.8, 4) is 11.1 Å². The van der Waals surface area contributed by atoms with Crippen molar-refractivity contribution in [1.29, 1.82) is 0 Å². The summed E-state index contributed by atoms with van der Waals surface area (Å²) < 4.78 is 66.0. The lowest BCUT2D eigenvalue weighted by Crippen LogP contribution is -2.53. The van der Waals surface area contributed by atoms with E-state index in [0.29, 0.717) is 21.2 Å². The van der Waals surface area contributed by atoms with Crippen LogP contribution in [-0.2, 0) is 24.7 Å². The third-order valence-corrected chi connectivity index (χ3v) is 8.67. The van der Waals surface area contributed by atoms with E-state index in [-0.39, 0.29) is 30.8 Å². The van der Waals surface area contributed by atoms with E-state index in [1.807, 2.05) is 0 Å². The monoisotopic (exact) mass is 562 g/mol. The van der Waals surface area contributed by atoms with Crippen LogP contribution in [0.3, 0.4) is 0 Å². The van der Waals surface area contributed by atoms with Crippen LogP contribution >= 0.6 is 23.2 Å². The maximum Gasteiger partial charge on any atom is 0.258 e. The fourth-order valence-corrected chi connectivity index (χ4v) is 6.22. The highest BCUT2D eigenvalue weighted by Gasteiger charge is 2.44. The largest absolute Gasteiger partial charge is 0.347 e. The molecule has 1 saturated heterocycles. The van der Waals surface area contributed by atoms with Crippen molar-refractivity contribution < 1.29 is 26.0 Å². The number of nitrogens with zero attached hydrogens (tertiary/aromatic N) is 1. The molecule has 35 heavy (non-hydrogen) atoms. The summed E-state index contributed by atoms with van der Waals surface area (Å²) in [7, 11) is -7.43. The topological polar surface area (TPSA) is 101 Å². The van der Waals surface area contributed by atoms with Crippen molar-refractivity contribution in [2.45, 2.75) is 36.4 Å². The zero-order valence-electron chi connectivity index (χ0n) is 19.0. The molecule has 0 spiro atoms. The van der Waals surface area contributed by atoms with Gasteiger partial charge in [-0.2, -0.15) is 4.31 Å². The zero-order valence-corrected chi connectivity index (χ0v) is 22.2. The van der Waals surface area contributed by atoms with Gasteiger partial charge < -0.3 is 5.32 Å². The van der Waals surface area contributed by atoms with Gasteiger partial charge in [-0.15, -0.1) is 0 Å². The molecule has 1 aliphatic rings. The maximum absolute atomic E-state index is 15.4. The molecular formula is C23H25Cl2FN2O5S2. The molecule has 7 nitrogen and oxygen atoms in total. The molecule has 0 bridgehead atoms. The highest BCUT2D eigenvalue weighted by atomic mass is 35.5. The summed E-state index contributed by atoms with van der Waals surface area (Å²) in [6, 6.07) is 10.4. The molecule has 2 aromatic rings. The van der Waals surface area contributed by atoms with Crippen LogP contribution in [0.15, 0.2) is 58.8 Å². The van der Waals surface area contributed by atoms with Crippen LogP contribution in [0.1, 0.15) is 19.8 Å². The van der Waals surface area contributed by atoms with Crippen LogP contribution in [-0.4, -0.2) is 58.1 Å². The molecule has 1 fully saturated rings. The SMILES string of the molecule is C[C@@H](/C=C\S(C)(=O)=O)NC(=O)C1(F)CCN(S(=O)(=O)c2ccc(Cl)cc2-c2cccc(Cl)c2)CC1. The average molecular weight is 564 g/mol. The number of benzene rings is 2. The summed E-state index contributed by atoms with van der Waals surface area (Å²) in [5.41, 5.74) is -1.36. The Labute approximate surface area is 214 Å². The molecular weight excluding hydrogens is 538 g/mol. The molecule has 1 aliphatic heterocycles. The van der Waals surface area contributed by atoms with E-state index < -0.39 is 37.5 Å². The number of piperidine rings is 1. The van der Waals surface area contributed by atoms with Gasteiger partial charge in [0.2, 0.25) is 10.0 Å². The Bertz CT molecular complexity index is 1360. The first kappa shape index (κ1) is 27.6. The molecule has 1 heterocycles. The number of carbonyl (C=O) groups is 1. The molecule has 1 N–H and O–H groups in total. The molecule has 190 valence electrons. The van der Waals surface area contributed by atoms with Gasteiger partial charge in [0.25, 0.3) is 5.91 Å². The Morgan fingerprint density at radius 3 is 2.31 bits per heavy atom. The van der Waals surface area contributed by atoms with Crippen LogP contribution in [0.4, 0.5) is 4.39 Å². The molecule has 1 amide bonds. The van der Waals surface area contributed by atoms with Crippen LogP contribution in [0.25, 0.3) is 11.1 Å². The van der Waals surface area contributed by atoms with E-state index in [2.05, 4.69) is 5.32 Å². The fraction of sp³-hybridized carbons (Fsp3) is 0.348. The average Bonchev–Trinajstić information content (AvgIpc) is 2.77. The number of amides is 1. The predicted molar refractivity (Wildman–Crippen MR) is 135 cm³/mol. The maximum atomic E-state index is 15.4. The Morgan fingerprint density at radius 1 is 1.09 bits per heavy atom. The number of rotatable bonds is 7. The van der Waals surface area contributed by atoms with E-state index in [1.54, 1.807) is 24.3 Å². The molecule has 0 aliphatic carbocycles. The van der Waals surface area contributed by atoms with Crippen molar-refractivity contribution in [2.24, 2.45) is 0 Å². The fourth-order valence-electron chi connectivity index (χ4n) is 3.70. The molecule has 0 aromatic heterocycles. The molecule has 1 atom stereocenters. The van der Waals surface area contributed by atoms with Crippen LogP contribution in [0.2, 0.25) is 10.0 Å². The second kappa shape index (κ2) is 10.6. The standard InChI is InChI=1S/C23H25Cl2FN2O5S2/c1-16(8-13-34(2,30)31)27-22(29)23(26)9-11-28(12-10-23)35(32,33)21-7-6-19(25)15-20(21)17-4-3-5-18(24)14-17/h3-8,13-16H,9-12H2,1-2H3,(H,27,29)/b13-8-/t16-/m0/s1. The number of sulfonamides is 1. The van der Waals surface area contributed by atoms with Crippen molar-refractivity contribution in [3.05, 3.63) is 64.0 Å². The quantitative estimate of drug-likeness (QED) is 0.544. The second-order valence-corrected chi connectivity index (χ2v) is 13.2. The Morgan fingerprint density at radius 2 is 1.71 bits per heavy atom. The summed E-state index contributed by atoms with van der Waals surface area (Å²) in [5.74, 6) is -0.911.